The fraction of sp³-hybridized carbons (Fsp3) is 0.440. The van der Waals surface area contributed by atoms with Gasteiger partial charge < -0.3 is 10.6 Å². The lowest BCUT2D eigenvalue weighted by molar-refractivity contribution is -0.124. The van der Waals surface area contributed by atoms with Crippen molar-refractivity contribution < 1.29 is 18.0 Å². The first kappa shape index (κ1) is 24.7. The molecule has 0 aromatic heterocycles. The first-order valence-electron chi connectivity index (χ1n) is 11.5. The minimum Gasteiger partial charge on any atom is -0.354 e. The van der Waals surface area contributed by atoms with Gasteiger partial charge in [0.15, 0.2) is 0 Å². The van der Waals surface area contributed by atoms with Gasteiger partial charge in [0, 0.05) is 29.7 Å². The zero-order valence-corrected chi connectivity index (χ0v) is 21.0. The number of amides is 2. The van der Waals surface area contributed by atoms with E-state index in [4.69, 9.17) is 11.6 Å². The normalized spacial score (nSPS) is 20.5. The molecule has 1 unspecified atom stereocenters. The topological polar surface area (TPSA) is 95.6 Å². The molecular formula is C25H30ClN3O4S. The molecule has 0 spiro atoms. The Balaban J connectivity index is 1.64. The largest absolute Gasteiger partial charge is 0.354 e. The van der Waals surface area contributed by atoms with Crippen molar-refractivity contribution in [2.75, 3.05) is 6.54 Å². The molecule has 1 aliphatic heterocycles. The van der Waals surface area contributed by atoms with Crippen molar-refractivity contribution in [3.05, 3.63) is 64.7 Å². The molecule has 182 valence electrons. The second-order valence-electron chi connectivity index (χ2n) is 9.89. The van der Waals surface area contributed by atoms with E-state index in [9.17, 15) is 18.0 Å². The Kier molecular flexibility index (Phi) is 7.03. The van der Waals surface area contributed by atoms with Gasteiger partial charge in [-0.05, 0) is 73.1 Å². The van der Waals surface area contributed by atoms with Crippen molar-refractivity contribution in [2.24, 2.45) is 5.41 Å². The Morgan fingerprint density at radius 3 is 2.35 bits per heavy atom. The van der Waals surface area contributed by atoms with E-state index in [2.05, 4.69) is 24.5 Å². The smallest absolute Gasteiger partial charge is 0.251 e. The number of carbonyl (C=O) groups excluding carboxylic acids is 2. The highest BCUT2D eigenvalue weighted by atomic mass is 35.5. The van der Waals surface area contributed by atoms with Gasteiger partial charge in [0.05, 0.1) is 4.90 Å². The van der Waals surface area contributed by atoms with Crippen molar-refractivity contribution in [1.82, 2.24) is 14.9 Å². The number of nitrogens with one attached hydrogen (secondary N) is 2. The Morgan fingerprint density at radius 2 is 1.74 bits per heavy atom. The molecule has 2 aliphatic rings. The number of hydrogen-bond acceptors (Lipinski definition) is 4. The number of benzene rings is 2. The van der Waals surface area contributed by atoms with Gasteiger partial charge >= 0.3 is 0 Å². The quantitative estimate of drug-likeness (QED) is 0.601. The molecule has 2 aromatic rings. The number of nitrogens with zero attached hydrogens (tertiary/aromatic N) is 1. The second kappa shape index (κ2) is 9.68. The molecule has 1 heterocycles. The summed E-state index contributed by atoms with van der Waals surface area (Å²) in [5.41, 5.74) is 1.09. The zero-order valence-electron chi connectivity index (χ0n) is 19.4. The van der Waals surface area contributed by atoms with Gasteiger partial charge in [-0.1, -0.05) is 37.6 Å². The molecule has 2 N–H and O–H groups in total. The van der Waals surface area contributed by atoms with E-state index in [1.807, 2.05) is 0 Å². The SMILES string of the molecule is CC1(C)CCC(N(Cc2ccc(C(=O)NC3CC3)cc2)S(=O)(=O)c2ccc(Cl)cc2)C(=O)NC1. The molecule has 1 saturated heterocycles. The molecule has 7 nitrogen and oxygen atoms in total. The van der Waals surface area contributed by atoms with Crippen molar-refractivity contribution in [2.45, 2.75) is 63.1 Å². The summed E-state index contributed by atoms with van der Waals surface area (Å²) < 4.78 is 28.7. The van der Waals surface area contributed by atoms with Gasteiger partial charge in [-0.2, -0.15) is 4.31 Å². The average Bonchev–Trinajstić information content (AvgIpc) is 3.62. The third kappa shape index (κ3) is 5.79. The highest BCUT2D eigenvalue weighted by Crippen LogP contribution is 2.31. The summed E-state index contributed by atoms with van der Waals surface area (Å²) in [4.78, 5) is 25.4. The summed E-state index contributed by atoms with van der Waals surface area (Å²) in [6.45, 7) is 4.61. The highest BCUT2D eigenvalue weighted by Gasteiger charge is 2.39. The van der Waals surface area contributed by atoms with Crippen LogP contribution in [0, 0.1) is 5.41 Å². The lowest BCUT2D eigenvalue weighted by Crippen LogP contribution is -2.48. The molecule has 0 radical (unpaired) electrons. The number of rotatable bonds is 7. The minimum atomic E-state index is -4.00. The number of sulfonamides is 1. The van der Waals surface area contributed by atoms with Gasteiger partial charge in [-0.3, -0.25) is 9.59 Å². The first-order valence-corrected chi connectivity index (χ1v) is 13.3. The fourth-order valence-corrected chi connectivity index (χ4v) is 5.74. The van der Waals surface area contributed by atoms with Gasteiger partial charge in [-0.25, -0.2) is 8.42 Å². The first-order chi connectivity index (χ1) is 16.0. The van der Waals surface area contributed by atoms with E-state index in [-0.39, 0.29) is 34.7 Å². The van der Waals surface area contributed by atoms with Crippen LogP contribution < -0.4 is 10.6 Å². The Morgan fingerprint density at radius 1 is 1.09 bits per heavy atom. The monoisotopic (exact) mass is 503 g/mol. The number of carbonyl (C=O) groups is 2. The van der Waals surface area contributed by atoms with E-state index in [0.717, 1.165) is 12.8 Å². The molecule has 0 bridgehead atoms. The van der Waals surface area contributed by atoms with Crippen molar-refractivity contribution in [1.29, 1.82) is 0 Å². The zero-order chi connectivity index (χ0) is 24.5. The maximum absolute atomic E-state index is 13.7. The second-order valence-corrected chi connectivity index (χ2v) is 12.2. The van der Waals surface area contributed by atoms with Crippen LogP contribution in [0.25, 0.3) is 0 Å². The van der Waals surface area contributed by atoms with Crippen molar-refractivity contribution in [3.63, 3.8) is 0 Å². The maximum atomic E-state index is 13.7. The van der Waals surface area contributed by atoms with Gasteiger partial charge in [0.2, 0.25) is 15.9 Å². The summed E-state index contributed by atoms with van der Waals surface area (Å²) >= 11 is 5.97. The van der Waals surface area contributed by atoms with Crippen LogP contribution in [0.3, 0.4) is 0 Å². The Labute approximate surface area is 205 Å². The van der Waals surface area contributed by atoms with Crippen LogP contribution in [0.2, 0.25) is 5.02 Å². The van der Waals surface area contributed by atoms with Crippen molar-refractivity contribution >= 4 is 33.4 Å². The van der Waals surface area contributed by atoms with E-state index in [0.29, 0.717) is 35.5 Å². The van der Waals surface area contributed by atoms with Crippen LogP contribution in [0.1, 0.15) is 55.5 Å². The van der Waals surface area contributed by atoms with Crippen LogP contribution in [0.15, 0.2) is 53.4 Å². The van der Waals surface area contributed by atoms with Crippen LogP contribution in [-0.4, -0.2) is 43.2 Å². The molecule has 9 heteroatoms. The van der Waals surface area contributed by atoms with Gasteiger partial charge in [0.25, 0.3) is 5.91 Å². The molecule has 1 saturated carbocycles. The highest BCUT2D eigenvalue weighted by molar-refractivity contribution is 7.89. The summed E-state index contributed by atoms with van der Waals surface area (Å²) in [5, 5.41) is 6.29. The fourth-order valence-electron chi connectivity index (χ4n) is 4.01. The lowest BCUT2D eigenvalue weighted by atomic mass is 9.88. The molecule has 34 heavy (non-hydrogen) atoms. The molecule has 4 rings (SSSR count). The van der Waals surface area contributed by atoms with E-state index in [1.165, 1.54) is 28.6 Å². The molecule has 2 aromatic carbocycles. The van der Waals surface area contributed by atoms with Crippen molar-refractivity contribution in [3.8, 4) is 0 Å². The third-order valence-electron chi connectivity index (χ3n) is 6.37. The number of hydrogen-bond donors (Lipinski definition) is 2. The predicted octanol–water partition coefficient (Wildman–Crippen LogP) is 3.73. The average molecular weight is 504 g/mol. The lowest BCUT2D eigenvalue weighted by Gasteiger charge is -2.29. The van der Waals surface area contributed by atoms with Crippen LogP contribution in [-0.2, 0) is 21.4 Å². The van der Waals surface area contributed by atoms with Gasteiger partial charge in [-0.15, -0.1) is 0 Å². The van der Waals surface area contributed by atoms with Gasteiger partial charge in [0.1, 0.15) is 6.04 Å². The van der Waals surface area contributed by atoms with Crippen LogP contribution in [0.5, 0.6) is 0 Å². The standard InChI is InChI=1S/C25H30ClN3O4S/c1-25(2)14-13-22(24(31)27-16-25)29(34(32,33)21-11-7-19(26)8-12-21)15-17-3-5-18(6-4-17)23(30)28-20-9-10-20/h3-8,11-12,20,22H,9-10,13-16H2,1-2H3,(H,27,31)(H,28,30). The minimum absolute atomic E-state index is 0.00794. The van der Waals surface area contributed by atoms with E-state index < -0.39 is 16.1 Å². The Bertz CT molecular complexity index is 1160. The molecular weight excluding hydrogens is 474 g/mol. The Hall–Kier alpha value is -2.42. The third-order valence-corrected chi connectivity index (χ3v) is 8.49. The molecule has 1 aliphatic carbocycles. The van der Waals surface area contributed by atoms with E-state index >= 15 is 0 Å². The van der Waals surface area contributed by atoms with Crippen LogP contribution >= 0.6 is 11.6 Å². The van der Waals surface area contributed by atoms with Crippen LogP contribution in [0.4, 0.5) is 0 Å². The number of halogens is 1. The molecule has 2 fully saturated rings. The summed E-state index contributed by atoms with van der Waals surface area (Å²) in [7, 11) is -4.00. The predicted molar refractivity (Wildman–Crippen MR) is 131 cm³/mol. The summed E-state index contributed by atoms with van der Waals surface area (Å²) in [6.07, 6.45) is 3.11. The maximum Gasteiger partial charge on any atom is 0.251 e. The summed E-state index contributed by atoms with van der Waals surface area (Å²) in [6, 6.07) is 12.2. The molecule has 2 amide bonds. The summed E-state index contributed by atoms with van der Waals surface area (Å²) in [5.74, 6) is -0.436. The van der Waals surface area contributed by atoms with E-state index in [1.54, 1.807) is 24.3 Å². The molecule has 1 atom stereocenters.